The topological polar surface area (TPSA) is 34.5 Å². The van der Waals surface area contributed by atoms with Gasteiger partial charge in [0.25, 0.3) is 0 Å². The molecule has 3 heterocycles. The smallest absolute Gasteiger partial charge is 0.213 e. The van der Waals surface area contributed by atoms with Crippen LogP contribution in [0.25, 0.3) is 94.0 Å². The van der Waals surface area contributed by atoms with E-state index >= 15 is 0 Å². The summed E-state index contributed by atoms with van der Waals surface area (Å²) in [6.45, 7) is 0. The summed E-state index contributed by atoms with van der Waals surface area (Å²) < 4.78 is 15.7. The molecule has 0 atom stereocenters. The molecule has 0 aliphatic rings. The van der Waals surface area contributed by atoms with Crippen molar-refractivity contribution in [3.63, 3.8) is 0 Å². The van der Waals surface area contributed by atoms with E-state index < -0.39 is 0 Å². The van der Waals surface area contributed by atoms with E-state index in [1.165, 1.54) is 16.5 Å². The van der Waals surface area contributed by atoms with Crippen LogP contribution in [0.3, 0.4) is 0 Å². The Bertz CT molecular complexity index is 3500. The molecular formula is C56H36N2O2. The summed E-state index contributed by atoms with van der Waals surface area (Å²) in [4.78, 5) is 2.30. The number of anilines is 3. The highest BCUT2D eigenvalue weighted by atomic mass is 16.3. The summed E-state index contributed by atoms with van der Waals surface area (Å²) in [5, 5.41) is 5.65. The summed E-state index contributed by atoms with van der Waals surface area (Å²) >= 11 is 0. The van der Waals surface area contributed by atoms with E-state index in [4.69, 9.17) is 8.83 Å². The molecule has 0 spiro atoms. The molecule has 0 aliphatic carbocycles. The van der Waals surface area contributed by atoms with Gasteiger partial charge in [-0.3, -0.25) is 4.57 Å². The minimum absolute atomic E-state index is 0.860. The third-order valence-corrected chi connectivity index (χ3v) is 11.8. The molecule has 9 aromatic carbocycles. The Balaban J connectivity index is 0.917. The molecular weight excluding hydrogens is 733 g/mol. The fraction of sp³-hybridized carbons (Fsp3) is 0. The minimum Gasteiger partial charge on any atom is -0.454 e. The number of furan rings is 2. The van der Waals surface area contributed by atoms with Gasteiger partial charge in [-0.05, 0) is 82.4 Å². The van der Waals surface area contributed by atoms with Crippen molar-refractivity contribution in [1.82, 2.24) is 4.57 Å². The number of para-hydroxylation sites is 5. The molecule has 60 heavy (non-hydrogen) atoms. The zero-order valence-corrected chi connectivity index (χ0v) is 32.5. The van der Waals surface area contributed by atoms with E-state index in [1.807, 2.05) is 18.2 Å². The first-order chi connectivity index (χ1) is 29.8. The van der Waals surface area contributed by atoms with Gasteiger partial charge >= 0.3 is 0 Å². The number of aromatic nitrogens is 1. The summed E-state index contributed by atoms with van der Waals surface area (Å²) in [6.07, 6.45) is 0. The Morgan fingerprint density at radius 3 is 1.60 bits per heavy atom. The number of hydrogen-bond acceptors (Lipinski definition) is 3. The van der Waals surface area contributed by atoms with Crippen molar-refractivity contribution < 1.29 is 8.83 Å². The van der Waals surface area contributed by atoms with Gasteiger partial charge in [0.1, 0.15) is 11.2 Å². The van der Waals surface area contributed by atoms with E-state index in [-0.39, 0.29) is 0 Å². The molecule has 282 valence electrons. The van der Waals surface area contributed by atoms with Gasteiger partial charge in [-0.25, -0.2) is 0 Å². The first kappa shape index (κ1) is 34.0. The number of rotatable bonds is 7. The van der Waals surface area contributed by atoms with Crippen LogP contribution in [0.2, 0.25) is 0 Å². The number of fused-ring (bicyclic) bond motifs is 8. The van der Waals surface area contributed by atoms with E-state index in [0.29, 0.717) is 0 Å². The Labute approximate surface area is 346 Å². The van der Waals surface area contributed by atoms with Crippen molar-refractivity contribution in [2.75, 3.05) is 4.90 Å². The molecule has 0 fully saturated rings. The second kappa shape index (κ2) is 13.8. The molecule has 4 nitrogen and oxygen atoms in total. The average molecular weight is 769 g/mol. The minimum atomic E-state index is 0.860. The Morgan fingerprint density at radius 2 is 0.883 bits per heavy atom. The molecule has 0 bridgehead atoms. The highest BCUT2D eigenvalue weighted by molar-refractivity contribution is 6.21. The van der Waals surface area contributed by atoms with Gasteiger partial charge in [0.05, 0.1) is 16.6 Å². The molecule has 12 aromatic rings. The lowest BCUT2D eigenvalue weighted by Gasteiger charge is -2.26. The van der Waals surface area contributed by atoms with Crippen LogP contribution in [0.15, 0.2) is 227 Å². The molecule has 0 saturated heterocycles. The lowest BCUT2D eigenvalue weighted by atomic mass is 9.98. The monoisotopic (exact) mass is 768 g/mol. The van der Waals surface area contributed by atoms with Gasteiger partial charge in [0.15, 0.2) is 5.58 Å². The van der Waals surface area contributed by atoms with Gasteiger partial charge in [-0.15, -0.1) is 0 Å². The highest BCUT2D eigenvalue weighted by Gasteiger charge is 2.22. The zero-order valence-electron chi connectivity index (χ0n) is 32.5. The molecule has 0 N–H and O–H groups in total. The molecule has 0 aliphatic heterocycles. The Hall–Kier alpha value is -8.08. The van der Waals surface area contributed by atoms with E-state index in [2.05, 4.69) is 210 Å². The van der Waals surface area contributed by atoms with Crippen molar-refractivity contribution in [1.29, 1.82) is 0 Å². The van der Waals surface area contributed by atoms with Crippen molar-refractivity contribution in [2.45, 2.75) is 0 Å². The van der Waals surface area contributed by atoms with Crippen molar-refractivity contribution in [3.05, 3.63) is 218 Å². The molecule has 3 aromatic heterocycles. The second-order valence-electron chi connectivity index (χ2n) is 15.3. The van der Waals surface area contributed by atoms with E-state index in [0.717, 1.165) is 94.5 Å². The second-order valence-corrected chi connectivity index (χ2v) is 15.3. The normalized spacial score (nSPS) is 11.7. The van der Waals surface area contributed by atoms with Crippen LogP contribution in [-0.4, -0.2) is 4.57 Å². The van der Waals surface area contributed by atoms with Crippen LogP contribution in [0.1, 0.15) is 0 Å². The van der Waals surface area contributed by atoms with E-state index in [1.54, 1.807) is 0 Å². The number of hydrogen-bond donors (Lipinski definition) is 0. The van der Waals surface area contributed by atoms with Gasteiger partial charge in [0.2, 0.25) is 5.71 Å². The van der Waals surface area contributed by atoms with E-state index in [9.17, 15) is 0 Å². The van der Waals surface area contributed by atoms with Crippen LogP contribution >= 0.6 is 0 Å². The maximum absolute atomic E-state index is 6.86. The summed E-state index contributed by atoms with van der Waals surface area (Å²) in [6, 6.07) is 77.1. The van der Waals surface area contributed by atoms with Gasteiger partial charge in [-0.1, -0.05) is 164 Å². The lowest BCUT2D eigenvalue weighted by molar-refractivity contribution is 0.646. The quantitative estimate of drug-likeness (QED) is 0.162. The predicted octanol–water partition coefficient (Wildman–Crippen LogP) is 15.9. The highest BCUT2D eigenvalue weighted by Crippen LogP contribution is 2.44. The van der Waals surface area contributed by atoms with Gasteiger partial charge in [-0.2, -0.15) is 0 Å². The lowest BCUT2D eigenvalue weighted by Crippen LogP contribution is -2.10. The Kier molecular flexibility index (Phi) is 7.82. The summed E-state index contributed by atoms with van der Waals surface area (Å²) in [5.74, 6) is 0. The van der Waals surface area contributed by atoms with Crippen molar-refractivity contribution in [2.24, 2.45) is 0 Å². The molecule has 0 amide bonds. The third-order valence-electron chi connectivity index (χ3n) is 11.8. The summed E-state index contributed by atoms with van der Waals surface area (Å²) in [5.41, 5.74) is 15.6. The first-order valence-corrected chi connectivity index (χ1v) is 20.3. The van der Waals surface area contributed by atoms with Crippen LogP contribution in [-0.2, 0) is 0 Å². The van der Waals surface area contributed by atoms with Crippen LogP contribution in [0.5, 0.6) is 0 Å². The number of nitrogens with zero attached hydrogens (tertiary/aromatic N) is 2. The fourth-order valence-corrected chi connectivity index (χ4v) is 8.99. The third kappa shape index (κ3) is 5.46. The fourth-order valence-electron chi connectivity index (χ4n) is 8.99. The van der Waals surface area contributed by atoms with Crippen LogP contribution < -0.4 is 4.90 Å². The molecule has 4 heteroatoms. The SMILES string of the molecule is c1ccc(-c2ccc(N(c3ccc(-c4ccc(-c5cccc6c5oc5c6c6ccccc6n5-c5ccccc5)cc4)cc3)c3cccc4c3oc3ccccc34)cc2)cc1. The predicted molar refractivity (Wildman–Crippen MR) is 249 cm³/mol. The van der Waals surface area contributed by atoms with Crippen LogP contribution in [0, 0.1) is 0 Å². The Morgan fingerprint density at radius 1 is 0.350 bits per heavy atom. The molecule has 0 radical (unpaired) electrons. The molecule has 0 unspecified atom stereocenters. The van der Waals surface area contributed by atoms with Crippen LogP contribution in [0.4, 0.5) is 17.1 Å². The van der Waals surface area contributed by atoms with Crippen molar-refractivity contribution >= 4 is 72.0 Å². The number of benzene rings is 9. The molecule has 12 rings (SSSR count). The average Bonchev–Trinajstić information content (AvgIpc) is 4.00. The van der Waals surface area contributed by atoms with Crippen molar-refractivity contribution in [3.8, 4) is 39.1 Å². The molecule has 0 saturated carbocycles. The first-order valence-electron chi connectivity index (χ1n) is 20.3. The van der Waals surface area contributed by atoms with Gasteiger partial charge < -0.3 is 13.7 Å². The maximum atomic E-state index is 6.86. The maximum Gasteiger partial charge on any atom is 0.213 e. The zero-order chi connectivity index (χ0) is 39.6. The largest absolute Gasteiger partial charge is 0.454 e. The summed E-state index contributed by atoms with van der Waals surface area (Å²) in [7, 11) is 0. The standard InChI is InChI=1S/C56H36N2O2/c1-3-13-37(14-4-1)39-29-33-43(34-30-39)57(51-23-12-20-47-46-17-8-10-24-52(46)59-55(47)51)44-35-31-40(32-36-44)38-25-27-41(28-26-38)45-19-11-21-49-53-48-18-7-9-22-50(48)58(56(53)60-54(45)49)42-15-5-2-6-16-42/h1-36H. The van der Waals surface area contributed by atoms with Gasteiger partial charge in [0, 0.05) is 44.2 Å².